The smallest absolute Gasteiger partial charge is 0.243 e. The Hall–Kier alpha value is -2.71. The number of likely N-dealkylation sites (tertiary alicyclic amines) is 1. The topological polar surface area (TPSA) is 86.8 Å². The standard InChI is InChI=1S/C23H29N3O4S/c1-4-25(5-2)31(29,30)21-13-9-12-20(15-21)24-23(28)19-14-22(27)26(16-19)17(3)18-10-7-6-8-11-18/h6-13,15,17,19H,4-5,14,16H2,1-3H3,(H,24,28)/t17-,19+/m0/s1. The van der Waals surface area contributed by atoms with Crippen LogP contribution in [-0.4, -0.2) is 49.1 Å². The summed E-state index contributed by atoms with van der Waals surface area (Å²) in [7, 11) is -3.62. The van der Waals surface area contributed by atoms with Gasteiger partial charge in [0, 0.05) is 31.7 Å². The molecule has 2 aromatic carbocycles. The summed E-state index contributed by atoms with van der Waals surface area (Å²) in [6.45, 7) is 6.59. The van der Waals surface area contributed by atoms with E-state index < -0.39 is 15.9 Å². The van der Waals surface area contributed by atoms with Crippen molar-refractivity contribution in [2.75, 3.05) is 25.0 Å². The minimum absolute atomic E-state index is 0.0608. The van der Waals surface area contributed by atoms with E-state index >= 15 is 0 Å². The predicted octanol–water partition coefficient (Wildman–Crippen LogP) is 3.27. The van der Waals surface area contributed by atoms with Gasteiger partial charge >= 0.3 is 0 Å². The third-order valence-electron chi connectivity index (χ3n) is 5.72. The van der Waals surface area contributed by atoms with E-state index in [2.05, 4.69) is 5.32 Å². The van der Waals surface area contributed by atoms with E-state index in [0.717, 1.165) is 5.56 Å². The van der Waals surface area contributed by atoms with Crippen LogP contribution < -0.4 is 5.32 Å². The van der Waals surface area contributed by atoms with Gasteiger partial charge in [-0.15, -0.1) is 0 Å². The molecule has 0 unspecified atom stereocenters. The van der Waals surface area contributed by atoms with Gasteiger partial charge in [-0.05, 0) is 30.7 Å². The van der Waals surface area contributed by atoms with Crippen LogP contribution in [0.3, 0.4) is 0 Å². The summed E-state index contributed by atoms with van der Waals surface area (Å²) in [4.78, 5) is 27.2. The molecule has 1 saturated heterocycles. The SMILES string of the molecule is CCN(CC)S(=O)(=O)c1cccc(NC(=O)[C@@H]2CC(=O)N([C@@H](C)c3ccccc3)C2)c1. The van der Waals surface area contributed by atoms with E-state index in [9.17, 15) is 18.0 Å². The fraction of sp³-hybridized carbons (Fsp3) is 0.391. The molecule has 7 nitrogen and oxygen atoms in total. The summed E-state index contributed by atoms with van der Waals surface area (Å²) in [5.41, 5.74) is 1.42. The highest BCUT2D eigenvalue weighted by Crippen LogP contribution is 2.29. The van der Waals surface area contributed by atoms with Gasteiger partial charge in [0.25, 0.3) is 0 Å². The van der Waals surface area contributed by atoms with Crippen LogP contribution in [0.4, 0.5) is 5.69 Å². The zero-order chi connectivity index (χ0) is 22.6. The van der Waals surface area contributed by atoms with E-state index in [1.54, 1.807) is 30.9 Å². The van der Waals surface area contributed by atoms with Crippen molar-refractivity contribution in [3.05, 3.63) is 60.2 Å². The van der Waals surface area contributed by atoms with Gasteiger partial charge in [-0.25, -0.2) is 8.42 Å². The van der Waals surface area contributed by atoms with Crippen molar-refractivity contribution in [2.24, 2.45) is 5.92 Å². The van der Waals surface area contributed by atoms with Gasteiger partial charge in [-0.2, -0.15) is 4.31 Å². The second-order valence-electron chi connectivity index (χ2n) is 7.64. The lowest BCUT2D eigenvalue weighted by atomic mass is 10.1. The zero-order valence-corrected chi connectivity index (χ0v) is 18.9. The average molecular weight is 444 g/mol. The normalized spacial score (nSPS) is 17.7. The maximum atomic E-state index is 12.8. The molecule has 0 aliphatic carbocycles. The molecule has 166 valence electrons. The molecule has 1 heterocycles. The Morgan fingerprint density at radius 3 is 2.45 bits per heavy atom. The Labute approximate surface area is 184 Å². The van der Waals surface area contributed by atoms with Crippen molar-refractivity contribution in [1.82, 2.24) is 9.21 Å². The molecule has 1 aliphatic rings. The number of sulfonamides is 1. The number of anilines is 1. The molecular weight excluding hydrogens is 414 g/mol. The molecule has 2 atom stereocenters. The third kappa shape index (κ3) is 4.97. The maximum Gasteiger partial charge on any atom is 0.243 e. The first-order valence-electron chi connectivity index (χ1n) is 10.5. The fourth-order valence-electron chi connectivity index (χ4n) is 3.88. The Bertz CT molecular complexity index is 1040. The van der Waals surface area contributed by atoms with Gasteiger partial charge in [-0.3, -0.25) is 9.59 Å². The molecule has 31 heavy (non-hydrogen) atoms. The first-order chi connectivity index (χ1) is 14.8. The predicted molar refractivity (Wildman–Crippen MR) is 120 cm³/mol. The zero-order valence-electron chi connectivity index (χ0n) is 18.1. The van der Waals surface area contributed by atoms with Gasteiger partial charge in [0.1, 0.15) is 0 Å². The van der Waals surface area contributed by atoms with E-state index in [0.29, 0.717) is 25.3 Å². The summed E-state index contributed by atoms with van der Waals surface area (Å²) < 4.78 is 26.9. The van der Waals surface area contributed by atoms with Crippen LogP contribution in [0.1, 0.15) is 38.8 Å². The van der Waals surface area contributed by atoms with E-state index in [-0.39, 0.29) is 29.2 Å². The van der Waals surface area contributed by atoms with Gasteiger partial charge in [0.05, 0.1) is 16.9 Å². The highest BCUT2D eigenvalue weighted by molar-refractivity contribution is 7.89. The van der Waals surface area contributed by atoms with Crippen LogP contribution in [0, 0.1) is 5.92 Å². The Morgan fingerprint density at radius 2 is 1.81 bits per heavy atom. The lowest BCUT2D eigenvalue weighted by molar-refractivity contribution is -0.129. The third-order valence-corrected chi connectivity index (χ3v) is 7.77. The summed E-state index contributed by atoms with van der Waals surface area (Å²) in [6.07, 6.45) is 0.139. The lowest BCUT2D eigenvalue weighted by Crippen LogP contribution is -2.31. The van der Waals surface area contributed by atoms with Gasteiger partial charge in [0.2, 0.25) is 21.8 Å². The van der Waals surface area contributed by atoms with Gasteiger partial charge in [0.15, 0.2) is 0 Å². The Morgan fingerprint density at radius 1 is 1.13 bits per heavy atom. The molecule has 0 spiro atoms. The quantitative estimate of drug-likeness (QED) is 0.678. The number of carbonyl (C=O) groups excluding carboxylic acids is 2. The largest absolute Gasteiger partial charge is 0.335 e. The van der Waals surface area contributed by atoms with Crippen LogP contribution in [0.25, 0.3) is 0 Å². The lowest BCUT2D eigenvalue weighted by Gasteiger charge is -2.25. The van der Waals surface area contributed by atoms with Crippen molar-refractivity contribution >= 4 is 27.5 Å². The van der Waals surface area contributed by atoms with E-state index in [4.69, 9.17) is 0 Å². The number of amides is 2. The minimum Gasteiger partial charge on any atom is -0.335 e. The highest BCUT2D eigenvalue weighted by atomic mass is 32.2. The highest BCUT2D eigenvalue weighted by Gasteiger charge is 2.37. The molecular formula is C23H29N3O4S. The second-order valence-corrected chi connectivity index (χ2v) is 9.58. The molecule has 0 aromatic heterocycles. The van der Waals surface area contributed by atoms with Crippen molar-refractivity contribution in [2.45, 2.75) is 38.1 Å². The summed E-state index contributed by atoms with van der Waals surface area (Å²) in [5, 5.41) is 2.79. The number of rotatable bonds is 8. The van der Waals surface area contributed by atoms with Crippen molar-refractivity contribution in [3.63, 3.8) is 0 Å². The minimum atomic E-state index is -3.62. The van der Waals surface area contributed by atoms with Crippen molar-refractivity contribution in [3.8, 4) is 0 Å². The molecule has 3 rings (SSSR count). The Balaban J connectivity index is 1.71. The summed E-state index contributed by atoms with van der Waals surface area (Å²) in [6, 6.07) is 15.8. The first-order valence-corrected chi connectivity index (χ1v) is 12.0. The van der Waals surface area contributed by atoms with Crippen LogP contribution >= 0.6 is 0 Å². The summed E-state index contributed by atoms with van der Waals surface area (Å²) >= 11 is 0. The van der Waals surface area contributed by atoms with E-state index in [1.165, 1.54) is 16.4 Å². The number of hydrogen-bond acceptors (Lipinski definition) is 4. The second kappa shape index (κ2) is 9.62. The molecule has 0 radical (unpaired) electrons. The number of nitrogens with zero attached hydrogens (tertiary/aromatic N) is 2. The molecule has 8 heteroatoms. The molecule has 2 amide bonds. The molecule has 1 N–H and O–H groups in total. The van der Waals surface area contributed by atoms with Gasteiger partial charge < -0.3 is 10.2 Å². The van der Waals surface area contributed by atoms with Crippen LogP contribution in [0.2, 0.25) is 0 Å². The van der Waals surface area contributed by atoms with Gasteiger partial charge in [-0.1, -0.05) is 50.2 Å². The van der Waals surface area contributed by atoms with E-state index in [1.807, 2.05) is 37.3 Å². The van der Waals surface area contributed by atoms with Crippen molar-refractivity contribution < 1.29 is 18.0 Å². The number of hydrogen-bond donors (Lipinski definition) is 1. The maximum absolute atomic E-state index is 12.8. The number of benzene rings is 2. The monoisotopic (exact) mass is 443 g/mol. The summed E-state index contributed by atoms with van der Waals surface area (Å²) in [5.74, 6) is -0.829. The number of carbonyl (C=O) groups is 2. The van der Waals surface area contributed by atoms with Crippen LogP contribution in [0.5, 0.6) is 0 Å². The Kier molecular flexibility index (Phi) is 7.12. The molecule has 0 saturated carbocycles. The fourth-order valence-corrected chi connectivity index (χ4v) is 5.39. The number of nitrogens with one attached hydrogen (secondary N) is 1. The average Bonchev–Trinajstić information content (AvgIpc) is 3.16. The van der Waals surface area contributed by atoms with Crippen LogP contribution in [0.15, 0.2) is 59.5 Å². The molecule has 2 aromatic rings. The first kappa shape index (κ1) is 23.0. The van der Waals surface area contributed by atoms with Crippen molar-refractivity contribution in [1.29, 1.82) is 0 Å². The molecule has 1 aliphatic heterocycles. The molecule has 1 fully saturated rings. The molecule has 0 bridgehead atoms. The van der Waals surface area contributed by atoms with Crippen LogP contribution in [-0.2, 0) is 19.6 Å².